The largest absolute Gasteiger partial charge is 0.383 e. The highest BCUT2D eigenvalue weighted by Gasteiger charge is 2.20. The molecule has 8 heteroatoms. The molecule has 4 rings (SSSR count). The van der Waals surface area contributed by atoms with Crippen LogP contribution in [0.5, 0.6) is 0 Å². The Balaban J connectivity index is 1.56. The van der Waals surface area contributed by atoms with Crippen LogP contribution < -0.4 is 5.43 Å². The number of hydrogen-bond acceptors (Lipinski definition) is 6. The second kappa shape index (κ2) is 8.40. The fourth-order valence-electron chi connectivity index (χ4n) is 3.43. The zero-order valence-corrected chi connectivity index (χ0v) is 17.0. The lowest BCUT2D eigenvalue weighted by Gasteiger charge is -2.32. The molecule has 3 aromatic rings. The van der Waals surface area contributed by atoms with Crippen LogP contribution in [0.25, 0.3) is 21.6 Å². The summed E-state index contributed by atoms with van der Waals surface area (Å²) in [6.07, 6.45) is 0. The lowest BCUT2D eigenvalue weighted by atomic mass is 10.2. The summed E-state index contributed by atoms with van der Waals surface area (Å²) in [5.74, 6) is -0.147. The van der Waals surface area contributed by atoms with Crippen molar-refractivity contribution in [1.82, 2.24) is 24.9 Å². The molecule has 7 nitrogen and oxygen atoms in total. The Morgan fingerprint density at radius 2 is 2.04 bits per heavy atom. The number of methoxy groups -OCH3 is 1. The number of carbonyl (C=O) groups is 1. The van der Waals surface area contributed by atoms with Crippen molar-refractivity contribution in [3.05, 3.63) is 41.4 Å². The molecule has 0 atom stereocenters. The zero-order valence-electron chi connectivity index (χ0n) is 16.2. The van der Waals surface area contributed by atoms with E-state index in [4.69, 9.17) is 4.74 Å². The van der Waals surface area contributed by atoms with E-state index in [2.05, 4.69) is 45.1 Å². The number of piperazine rings is 1. The molecule has 28 heavy (non-hydrogen) atoms. The number of aromatic nitrogens is 2. The first-order valence-electron chi connectivity index (χ1n) is 9.43. The van der Waals surface area contributed by atoms with Gasteiger partial charge >= 0.3 is 0 Å². The molecule has 0 spiro atoms. The Labute approximate surface area is 168 Å². The van der Waals surface area contributed by atoms with Gasteiger partial charge in [0.15, 0.2) is 0 Å². The number of nitrogens with zero attached hydrogens (tertiary/aromatic N) is 4. The molecule has 0 aliphatic carbocycles. The first kappa shape index (κ1) is 19.1. The summed E-state index contributed by atoms with van der Waals surface area (Å²) in [4.78, 5) is 19.5. The predicted octanol–water partition coefficient (Wildman–Crippen LogP) is 2.30. The lowest BCUT2D eigenvalue weighted by Crippen LogP contribution is -2.52. The van der Waals surface area contributed by atoms with E-state index in [-0.39, 0.29) is 5.91 Å². The Hall–Kier alpha value is -2.26. The van der Waals surface area contributed by atoms with E-state index >= 15 is 0 Å². The minimum absolute atomic E-state index is 0.147. The minimum Gasteiger partial charge on any atom is -0.383 e. The van der Waals surface area contributed by atoms with Gasteiger partial charge in [0, 0.05) is 56.1 Å². The van der Waals surface area contributed by atoms with E-state index < -0.39 is 0 Å². The molecule has 1 N–H and O–H groups in total. The Kier molecular flexibility index (Phi) is 5.72. The summed E-state index contributed by atoms with van der Waals surface area (Å²) >= 11 is 1.50. The van der Waals surface area contributed by atoms with Gasteiger partial charge in [-0.1, -0.05) is 18.2 Å². The van der Waals surface area contributed by atoms with Gasteiger partial charge < -0.3 is 14.2 Å². The van der Waals surface area contributed by atoms with Gasteiger partial charge in [-0.25, -0.2) is 9.99 Å². The Morgan fingerprint density at radius 3 is 2.82 bits per heavy atom. The number of nitrogens with one attached hydrogen (secondary N) is 1. The first-order chi connectivity index (χ1) is 13.7. The van der Waals surface area contributed by atoms with Crippen molar-refractivity contribution >= 4 is 28.1 Å². The van der Waals surface area contributed by atoms with Crippen molar-refractivity contribution in [1.29, 1.82) is 0 Å². The van der Waals surface area contributed by atoms with Gasteiger partial charge in [-0.05, 0) is 19.2 Å². The molecule has 1 aliphatic heterocycles. The molecule has 0 unspecified atom stereocenters. The van der Waals surface area contributed by atoms with Crippen molar-refractivity contribution in [3.8, 4) is 10.7 Å². The smallest absolute Gasteiger partial charge is 0.285 e. The van der Waals surface area contributed by atoms with Gasteiger partial charge in [-0.2, -0.15) is 0 Å². The first-order valence-corrected chi connectivity index (χ1v) is 10.3. The second-order valence-corrected chi connectivity index (χ2v) is 7.86. The van der Waals surface area contributed by atoms with Crippen LogP contribution in [-0.4, -0.2) is 72.3 Å². The Morgan fingerprint density at radius 1 is 1.25 bits per heavy atom. The molecule has 0 radical (unpaired) electrons. The summed E-state index contributed by atoms with van der Waals surface area (Å²) in [7, 11) is 3.80. The van der Waals surface area contributed by atoms with Crippen LogP contribution in [-0.2, 0) is 11.3 Å². The molecule has 2 aromatic heterocycles. The van der Waals surface area contributed by atoms with Crippen molar-refractivity contribution in [2.24, 2.45) is 0 Å². The van der Waals surface area contributed by atoms with Crippen molar-refractivity contribution in [2.45, 2.75) is 6.54 Å². The van der Waals surface area contributed by atoms with Gasteiger partial charge in [0.1, 0.15) is 10.7 Å². The molecule has 1 aromatic carbocycles. The van der Waals surface area contributed by atoms with Crippen LogP contribution in [0.1, 0.15) is 10.5 Å². The third-order valence-electron chi connectivity index (χ3n) is 5.05. The van der Waals surface area contributed by atoms with E-state index in [1.807, 2.05) is 22.5 Å². The van der Waals surface area contributed by atoms with Gasteiger partial charge in [0.2, 0.25) is 0 Å². The normalized spacial score (nSPS) is 15.9. The molecule has 1 fully saturated rings. The maximum Gasteiger partial charge on any atom is 0.285 e. The number of fused-ring (bicyclic) bond motifs is 1. The highest BCUT2D eigenvalue weighted by atomic mass is 32.1. The van der Waals surface area contributed by atoms with Gasteiger partial charge in [-0.15, -0.1) is 11.3 Å². The second-order valence-electron chi connectivity index (χ2n) is 7.00. The topological polar surface area (TPSA) is 62.6 Å². The van der Waals surface area contributed by atoms with Gasteiger partial charge in [0.05, 0.1) is 12.3 Å². The summed E-state index contributed by atoms with van der Waals surface area (Å²) < 4.78 is 7.49. The standard InChI is InChI=1S/C20H25N5O2S/c1-23-7-9-24(10-8-23)22-19(26)16-14-28-20(21-16)18-13-15-5-3-4-6-17(15)25(18)11-12-27-2/h3-6,13-14H,7-12H2,1-2H3,(H,22,26). The number of carbonyl (C=O) groups excluding carboxylic acids is 1. The quantitative estimate of drug-likeness (QED) is 0.689. The fraction of sp³-hybridized carbons (Fsp3) is 0.400. The summed E-state index contributed by atoms with van der Waals surface area (Å²) in [6.45, 7) is 4.90. The molecule has 1 amide bonds. The number of rotatable bonds is 6. The van der Waals surface area contributed by atoms with Crippen LogP contribution in [0.2, 0.25) is 0 Å². The summed E-state index contributed by atoms with van der Waals surface area (Å²) in [5.41, 5.74) is 5.60. The van der Waals surface area contributed by atoms with Crippen LogP contribution in [0.4, 0.5) is 0 Å². The number of hydrazine groups is 1. The Bertz CT molecular complexity index is 959. The van der Waals surface area contributed by atoms with Crippen LogP contribution in [0.3, 0.4) is 0 Å². The van der Waals surface area contributed by atoms with E-state index in [1.165, 1.54) is 11.3 Å². The number of ether oxygens (including phenoxy) is 1. The maximum atomic E-state index is 12.6. The van der Waals surface area contributed by atoms with E-state index in [0.717, 1.165) is 54.3 Å². The molecule has 0 saturated carbocycles. The molecular formula is C20H25N5O2S. The van der Waals surface area contributed by atoms with Gasteiger partial charge in [0.25, 0.3) is 5.91 Å². The third-order valence-corrected chi connectivity index (χ3v) is 5.91. The van der Waals surface area contributed by atoms with E-state index in [9.17, 15) is 4.79 Å². The third kappa shape index (κ3) is 3.95. The maximum absolute atomic E-state index is 12.6. The lowest BCUT2D eigenvalue weighted by molar-refractivity contribution is 0.0658. The van der Waals surface area contributed by atoms with Crippen LogP contribution in [0.15, 0.2) is 35.7 Å². The van der Waals surface area contributed by atoms with Crippen molar-refractivity contribution < 1.29 is 9.53 Å². The molecule has 1 saturated heterocycles. The monoisotopic (exact) mass is 399 g/mol. The number of para-hydroxylation sites is 1. The van der Waals surface area contributed by atoms with Crippen LogP contribution in [0, 0.1) is 0 Å². The number of hydrogen-bond donors (Lipinski definition) is 1. The number of benzene rings is 1. The van der Waals surface area contributed by atoms with E-state index in [1.54, 1.807) is 7.11 Å². The molecule has 3 heterocycles. The predicted molar refractivity (Wildman–Crippen MR) is 111 cm³/mol. The average Bonchev–Trinajstić information content (AvgIpc) is 3.33. The number of likely N-dealkylation sites (N-methyl/N-ethyl adjacent to an activating group) is 1. The van der Waals surface area contributed by atoms with E-state index in [0.29, 0.717) is 12.3 Å². The number of amides is 1. The zero-order chi connectivity index (χ0) is 19.5. The average molecular weight is 400 g/mol. The van der Waals surface area contributed by atoms with Crippen LogP contribution >= 0.6 is 11.3 Å². The fourth-order valence-corrected chi connectivity index (χ4v) is 4.25. The number of thiazole rings is 1. The summed E-state index contributed by atoms with van der Waals surface area (Å²) in [5, 5.41) is 5.80. The summed E-state index contributed by atoms with van der Waals surface area (Å²) in [6, 6.07) is 10.4. The molecular weight excluding hydrogens is 374 g/mol. The highest BCUT2D eigenvalue weighted by Crippen LogP contribution is 2.30. The SMILES string of the molecule is COCCn1c(-c2nc(C(=O)NN3CCN(C)CC3)cs2)cc2ccccc21. The van der Waals surface area contributed by atoms with Gasteiger partial charge in [-0.3, -0.25) is 10.2 Å². The van der Waals surface area contributed by atoms with Crippen molar-refractivity contribution in [3.63, 3.8) is 0 Å². The molecule has 1 aliphatic rings. The van der Waals surface area contributed by atoms with Crippen molar-refractivity contribution in [2.75, 3.05) is 46.9 Å². The highest BCUT2D eigenvalue weighted by molar-refractivity contribution is 7.13. The molecule has 0 bridgehead atoms. The minimum atomic E-state index is -0.147. The molecule has 148 valence electrons.